The van der Waals surface area contributed by atoms with Crippen molar-refractivity contribution in [2.24, 2.45) is 0 Å². The topological polar surface area (TPSA) is 63.2 Å². The molecule has 1 saturated heterocycles. The number of amides is 1. The van der Waals surface area contributed by atoms with Gasteiger partial charge in [0.05, 0.1) is 17.0 Å². The van der Waals surface area contributed by atoms with Crippen LogP contribution in [0.5, 0.6) is 0 Å². The van der Waals surface area contributed by atoms with E-state index in [0.717, 1.165) is 6.07 Å². The second-order valence-electron chi connectivity index (χ2n) is 5.32. The van der Waals surface area contributed by atoms with Gasteiger partial charge in [-0.25, -0.2) is 12.8 Å². The molecular formula is C13H16FNO3S. The first kappa shape index (κ1) is 14.0. The lowest BCUT2D eigenvalue weighted by atomic mass is 10.0. The third kappa shape index (κ3) is 3.12. The molecule has 1 heterocycles. The number of carbonyl (C=O) groups excluding carboxylic acids is 1. The molecule has 0 bridgehead atoms. The van der Waals surface area contributed by atoms with Gasteiger partial charge in [0, 0.05) is 5.56 Å². The van der Waals surface area contributed by atoms with Crippen LogP contribution in [0.15, 0.2) is 18.2 Å². The summed E-state index contributed by atoms with van der Waals surface area (Å²) < 4.78 is 36.3. The molecule has 0 saturated carbocycles. The molecule has 0 radical (unpaired) electrons. The molecular weight excluding hydrogens is 269 g/mol. The zero-order valence-electron chi connectivity index (χ0n) is 10.9. The molecule has 104 valence electrons. The predicted octanol–water partition coefficient (Wildman–Crippen LogP) is 1.44. The summed E-state index contributed by atoms with van der Waals surface area (Å²) in [5.41, 5.74) is -0.100. The standard InChI is InChI=1S/C13H16FNO3S/c1-9-3-4-10(7-11(9)14)12(16)15-13(2)5-6-19(17,18)8-13/h3-4,7H,5-6,8H2,1-2H3,(H,15,16). The SMILES string of the molecule is Cc1ccc(C(=O)NC2(C)CCS(=O)(=O)C2)cc1F. The fraction of sp³-hybridized carbons (Fsp3) is 0.462. The highest BCUT2D eigenvalue weighted by Crippen LogP contribution is 2.23. The zero-order chi connectivity index (χ0) is 14.3. The average molecular weight is 285 g/mol. The van der Waals surface area contributed by atoms with E-state index in [1.54, 1.807) is 13.8 Å². The van der Waals surface area contributed by atoms with Crippen molar-refractivity contribution in [2.75, 3.05) is 11.5 Å². The summed E-state index contributed by atoms with van der Waals surface area (Å²) >= 11 is 0. The molecule has 1 aliphatic rings. The van der Waals surface area contributed by atoms with Crippen LogP contribution in [0.4, 0.5) is 4.39 Å². The number of sulfone groups is 1. The molecule has 0 spiro atoms. The van der Waals surface area contributed by atoms with E-state index in [9.17, 15) is 17.6 Å². The van der Waals surface area contributed by atoms with Gasteiger partial charge in [0.1, 0.15) is 5.82 Å². The van der Waals surface area contributed by atoms with Crippen molar-refractivity contribution in [1.82, 2.24) is 5.32 Å². The van der Waals surface area contributed by atoms with Crippen LogP contribution in [-0.4, -0.2) is 31.4 Å². The van der Waals surface area contributed by atoms with Gasteiger partial charge in [-0.15, -0.1) is 0 Å². The van der Waals surface area contributed by atoms with Crippen LogP contribution in [0.25, 0.3) is 0 Å². The molecule has 4 nitrogen and oxygen atoms in total. The van der Waals surface area contributed by atoms with Crippen molar-refractivity contribution in [3.05, 3.63) is 35.1 Å². The lowest BCUT2D eigenvalue weighted by Gasteiger charge is -2.23. The summed E-state index contributed by atoms with van der Waals surface area (Å²) in [6.45, 7) is 3.31. The molecule has 1 aliphatic heterocycles. The molecule has 1 amide bonds. The van der Waals surface area contributed by atoms with Gasteiger partial charge in [0.25, 0.3) is 5.91 Å². The summed E-state index contributed by atoms with van der Waals surface area (Å²) in [5, 5.41) is 2.69. The number of hydrogen-bond donors (Lipinski definition) is 1. The minimum absolute atomic E-state index is 0.0694. The Hall–Kier alpha value is -1.43. The Balaban J connectivity index is 2.15. The molecule has 19 heavy (non-hydrogen) atoms. The van der Waals surface area contributed by atoms with Gasteiger partial charge in [-0.3, -0.25) is 4.79 Å². The van der Waals surface area contributed by atoms with E-state index in [1.165, 1.54) is 12.1 Å². The molecule has 1 aromatic carbocycles. The maximum absolute atomic E-state index is 13.4. The Kier molecular flexibility index (Phi) is 3.38. The van der Waals surface area contributed by atoms with Gasteiger partial charge in [-0.05, 0) is 38.0 Å². The Labute approximate surface area is 111 Å². The molecule has 1 atom stereocenters. The van der Waals surface area contributed by atoms with Gasteiger partial charge in [-0.2, -0.15) is 0 Å². The molecule has 1 N–H and O–H groups in total. The first-order chi connectivity index (χ1) is 8.71. The maximum Gasteiger partial charge on any atom is 0.251 e. The molecule has 1 aromatic rings. The fourth-order valence-electron chi connectivity index (χ4n) is 2.19. The van der Waals surface area contributed by atoms with Gasteiger partial charge in [-0.1, -0.05) is 6.07 Å². The highest BCUT2D eigenvalue weighted by molar-refractivity contribution is 7.91. The van der Waals surface area contributed by atoms with Crippen LogP contribution >= 0.6 is 0 Å². The largest absolute Gasteiger partial charge is 0.346 e. The lowest BCUT2D eigenvalue weighted by molar-refractivity contribution is 0.0915. The van der Waals surface area contributed by atoms with E-state index in [-0.39, 0.29) is 17.1 Å². The Morgan fingerprint density at radius 2 is 2.11 bits per heavy atom. The van der Waals surface area contributed by atoms with E-state index < -0.39 is 27.1 Å². The number of aryl methyl sites for hydroxylation is 1. The molecule has 0 aromatic heterocycles. The average Bonchev–Trinajstić information content (AvgIpc) is 2.56. The minimum Gasteiger partial charge on any atom is -0.346 e. The zero-order valence-corrected chi connectivity index (χ0v) is 11.7. The Bertz CT molecular complexity index is 627. The summed E-state index contributed by atoms with van der Waals surface area (Å²) in [6, 6.07) is 4.22. The third-order valence-electron chi connectivity index (χ3n) is 3.35. The van der Waals surface area contributed by atoms with E-state index in [0.29, 0.717) is 12.0 Å². The minimum atomic E-state index is -3.09. The fourth-order valence-corrected chi connectivity index (χ4v) is 4.28. The van der Waals surface area contributed by atoms with Crippen molar-refractivity contribution in [3.63, 3.8) is 0 Å². The quantitative estimate of drug-likeness (QED) is 0.894. The van der Waals surface area contributed by atoms with Crippen molar-refractivity contribution in [2.45, 2.75) is 25.8 Å². The van der Waals surface area contributed by atoms with Crippen LogP contribution in [0, 0.1) is 12.7 Å². The summed E-state index contributed by atoms with van der Waals surface area (Å²) in [4.78, 5) is 12.0. The van der Waals surface area contributed by atoms with Crippen molar-refractivity contribution < 1.29 is 17.6 Å². The van der Waals surface area contributed by atoms with Crippen molar-refractivity contribution in [1.29, 1.82) is 0 Å². The van der Waals surface area contributed by atoms with E-state index in [2.05, 4.69) is 5.32 Å². The van der Waals surface area contributed by atoms with Crippen LogP contribution in [0.1, 0.15) is 29.3 Å². The normalized spacial score (nSPS) is 25.2. The Morgan fingerprint density at radius 1 is 1.42 bits per heavy atom. The number of hydrogen-bond acceptors (Lipinski definition) is 3. The van der Waals surface area contributed by atoms with Gasteiger partial charge >= 0.3 is 0 Å². The van der Waals surface area contributed by atoms with Crippen LogP contribution < -0.4 is 5.32 Å². The predicted molar refractivity (Wildman–Crippen MR) is 70.3 cm³/mol. The molecule has 1 unspecified atom stereocenters. The first-order valence-corrected chi connectivity index (χ1v) is 7.82. The van der Waals surface area contributed by atoms with E-state index >= 15 is 0 Å². The van der Waals surface area contributed by atoms with Gasteiger partial charge < -0.3 is 5.32 Å². The van der Waals surface area contributed by atoms with Crippen LogP contribution in [0.3, 0.4) is 0 Å². The summed E-state index contributed by atoms with van der Waals surface area (Å²) in [5.74, 6) is -0.887. The second kappa shape index (κ2) is 4.59. The number of carbonyl (C=O) groups is 1. The lowest BCUT2D eigenvalue weighted by Crippen LogP contribution is -2.46. The van der Waals surface area contributed by atoms with Crippen molar-refractivity contribution in [3.8, 4) is 0 Å². The first-order valence-electron chi connectivity index (χ1n) is 6.00. The smallest absolute Gasteiger partial charge is 0.251 e. The van der Waals surface area contributed by atoms with Gasteiger partial charge in [0.15, 0.2) is 9.84 Å². The maximum atomic E-state index is 13.4. The van der Waals surface area contributed by atoms with Gasteiger partial charge in [0.2, 0.25) is 0 Å². The monoisotopic (exact) mass is 285 g/mol. The molecule has 0 aliphatic carbocycles. The number of nitrogens with one attached hydrogen (secondary N) is 1. The van der Waals surface area contributed by atoms with E-state index in [4.69, 9.17) is 0 Å². The van der Waals surface area contributed by atoms with Crippen LogP contribution in [-0.2, 0) is 9.84 Å². The van der Waals surface area contributed by atoms with Crippen molar-refractivity contribution >= 4 is 15.7 Å². The number of halogens is 1. The summed E-state index contributed by atoms with van der Waals surface area (Å²) in [6.07, 6.45) is 0.384. The number of rotatable bonds is 2. The Morgan fingerprint density at radius 3 is 2.63 bits per heavy atom. The summed E-state index contributed by atoms with van der Waals surface area (Å²) in [7, 11) is -3.09. The second-order valence-corrected chi connectivity index (χ2v) is 7.50. The molecule has 1 fully saturated rings. The number of benzene rings is 1. The third-order valence-corrected chi connectivity index (χ3v) is 5.26. The molecule has 6 heteroatoms. The van der Waals surface area contributed by atoms with Crippen LogP contribution in [0.2, 0.25) is 0 Å². The highest BCUT2D eigenvalue weighted by Gasteiger charge is 2.39. The molecule has 2 rings (SSSR count). The van der Waals surface area contributed by atoms with E-state index in [1.807, 2.05) is 0 Å². The highest BCUT2D eigenvalue weighted by atomic mass is 32.2.